The molecule has 1 aromatic carbocycles. The maximum absolute atomic E-state index is 13.6. The van der Waals surface area contributed by atoms with Crippen molar-refractivity contribution in [2.75, 3.05) is 0 Å². The molecule has 1 aliphatic carbocycles. The van der Waals surface area contributed by atoms with Crippen LogP contribution in [0.15, 0.2) is 18.2 Å². The fraction of sp³-hybridized carbons (Fsp3) is 0.429. The van der Waals surface area contributed by atoms with Gasteiger partial charge in [0.25, 0.3) is 0 Å². The molecule has 1 saturated heterocycles. The van der Waals surface area contributed by atoms with Crippen LogP contribution in [-0.4, -0.2) is 17.9 Å². The second kappa shape index (κ2) is 4.74. The highest BCUT2D eigenvalue weighted by atomic mass is 19.1. The Kier molecular flexibility index (Phi) is 3.06. The lowest BCUT2D eigenvalue weighted by atomic mass is 10.0. The largest absolute Gasteiger partial charge is 0.299 e. The van der Waals surface area contributed by atoms with E-state index in [0.717, 1.165) is 17.5 Å². The Labute approximate surface area is 110 Å². The Morgan fingerprint density at radius 2 is 1.95 bits per heavy atom. The predicted octanol–water partition coefficient (Wildman–Crippen LogP) is 1.21. The molecule has 0 aromatic heterocycles. The molecule has 2 amide bonds. The molecule has 19 heavy (non-hydrogen) atoms. The molecule has 3 rings (SSSR count). The first-order valence-corrected chi connectivity index (χ1v) is 6.52. The van der Waals surface area contributed by atoms with Gasteiger partial charge in [-0.2, -0.15) is 0 Å². The zero-order valence-electron chi connectivity index (χ0n) is 10.4. The second-order valence-corrected chi connectivity index (χ2v) is 5.07. The quantitative estimate of drug-likeness (QED) is 0.788. The number of imide groups is 1. The zero-order valence-corrected chi connectivity index (χ0v) is 10.4. The zero-order chi connectivity index (χ0) is 13.4. The number of hydrogen-bond acceptors (Lipinski definition) is 3. The number of carbonyl (C=O) groups excluding carboxylic acids is 2. The van der Waals surface area contributed by atoms with E-state index in [9.17, 15) is 14.0 Å². The van der Waals surface area contributed by atoms with Crippen LogP contribution in [0.3, 0.4) is 0 Å². The van der Waals surface area contributed by atoms with Gasteiger partial charge in [0.1, 0.15) is 5.82 Å². The van der Waals surface area contributed by atoms with Gasteiger partial charge in [0.05, 0.1) is 6.04 Å². The van der Waals surface area contributed by atoms with Gasteiger partial charge in [-0.15, -0.1) is 0 Å². The van der Waals surface area contributed by atoms with E-state index >= 15 is 0 Å². The van der Waals surface area contributed by atoms with Crippen LogP contribution < -0.4 is 10.6 Å². The molecule has 100 valence electrons. The van der Waals surface area contributed by atoms with Crippen LogP contribution in [0.1, 0.15) is 36.4 Å². The average molecular weight is 262 g/mol. The Bertz CT molecular complexity index is 544. The van der Waals surface area contributed by atoms with Crippen molar-refractivity contribution in [3.8, 4) is 0 Å². The van der Waals surface area contributed by atoms with E-state index in [0.29, 0.717) is 19.3 Å². The molecule has 5 heteroatoms. The number of amides is 2. The van der Waals surface area contributed by atoms with Crippen molar-refractivity contribution in [2.24, 2.45) is 0 Å². The smallest absolute Gasteiger partial charge is 0.243 e. The molecule has 2 aliphatic rings. The average Bonchev–Trinajstić information content (AvgIpc) is 2.78. The van der Waals surface area contributed by atoms with Gasteiger partial charge in [-0.3, -0.25) is 20.2 Å². The second-order valence-electron chi connectivity index (χ2n) is 5.07. The molecule has 0 bridgehead atoms. The van der Waals surface area contributed by atoms with E-state index in [1.54, 1.807) is 6.07 Å². The molecule has 4 nitrogen and oxygen atoms in total. The molecule has 1 aliphatic heterocycles. The molecule has 1 heterocycles. The van der Waals surface area contributed by atoms with Crippen molar-refractivity contribution in [3.63, 3.8) is 0 Å². The Morgan fingerprint density at radius 1 is 1.16 bits per heavy atom. The summed E-state index contributed by atoms with van der Waals surface area (Å²) in [7, 11) is 0. The number of fused-ring (bicyclic) bond motifs is 1. The standard InChI is InChI=1S/C14H15FN2O2/c15-10-3-1-2-9-8(10)4-5-11(9)16-12-6-7-13(18)17-14(12)19/h1-3,11-12,16H,4-7H2,(H,17,18,19). The first-order chi connectivity index (χ1) is 9.15. The molecule has 1 aromatic rings. The highest BCUT2D eigenvalue weighted by molar-refractivity contribution is 6.00. The molecule has 2 unspecified atom stereocenters. The van der Waals surface area contributed by atoms with Crippen LogP contribution in [0.2, 0.25) is 0 Å². The van der Waals surface area contributed by atoms with Crippen molar-refractivity contribution in [2.45, 2.75) is 37.8 Å². The third-order valence-electron chi connectivity index (χ3n) is 3.86. The number of carbonyl (C=O) groups is 2. The number of benzene rings is 1. The van der Waals surface area contributed by atoms with Crippen molar-refractivity contribution < 1.29 is 14.0 Å². The Balaban J connectivity index is 1.75. The lowest BCUT2D eigenvalue weighted by molar-refractivity contribution is -0.134. The van der Waals surface area contributed by atoms with Gasteiger partial charge in [-0.1, -0.05) is 12.1 Å². The minimum absolute atomic E-state index is 0.00495. The normalized spacial score (nSPS) is 26.2. The van der Waals surface area contributed by atoms with Crippen LogP contribution in [0.4, 0.5) is 4.39 Å². The van der Waals surface area contributed by atoms with Crippen LogP contribution in [0, 0.1) is 5.82 Å². The van der Waals surface area contributed by atoms with E-state index in [1.165, 1.54) is 6.07 Å². The number of hydrogen-bond donors (Lipinski definition) is 2. The van der Waals surface area contributed by atoms with E-state index < -0.39 is 0 Å². The van der Waals surface area contributed by atoms with E-state index in [4.69, 9.17) is 0 Å². The fourth-order valence-corrected chi connectivity index (χ4v) is 2.88. The van der Waals surface area contributed by atoms with E-state index in [2.05, 4.69) is 10.6 Å². The van der Waals surface area contributed by atoms with Gasteiger partial charge in [0, 0.05) is 12.5 Å². The molecular formula is C14H15FN2O2. The van der Waals surface area contributed by atoms with E-state index in [1.807, 2.05) is 6.07 Å². The SMILES string of the molecule is O=C1CCC(NC2CCc3c(F)cccc32)C(=O)N1. The molecule has 0 saturated carbocycles. The monoisotopic (exact) mass is 262 g/mol. The summed E-state index contributed by atoms with van der Waals surface area (Å²) in [4.78, 5) is 22.8. The van der Waals surface area contributed by atoms with Gasteiger partial charge in [-0.25, -0.2) is 4.39 Å². The highest BCUT2D eigenvalue weighted by Crippen LogP contribution is 2.33. The maximum Gasteiger partial charge on any atom is 0.243 e. The Hall–Kier alpha value is -1.75. The summed E-state index contributed by atoms with van der Waals surface area (Å²) in [5.74, 6) is -0.674. The highest BCUT2D eigenvalue weighted by Gasteiger charge is 2.32. The van der Waals surface area contributed by atoms with Crippen LogP contribution in [-0.2, 0) is 16.0 Å². The third-order valence-corrected chi connectivity index (χ3v) is 3.86. The summed E-state index contributed by atoms with van der Waals surface area (Å²) >= 11 is 0. The summed E-state index contributed by atoms with van der Waals surface area (Å²) in [6, 6.07) is 4.69. The number of rotatable bonds is 2. The van der Waals surface area contributed by atoms with Gasteiger partial charge in [0.2, 0.25) is 11.8 Å². The molecule has 0 spiro atoms. The number of nitrogens with one attached hydrogen (secondary N) is 2. The molecule has 2 atom stereocenters. The van der Waals surface area contributed by atoms with Gasteiger partial charge in [0.15, 0.2) is 0 Å². The summed E-state index contributed by atoms with van der Waals surface area (Å²) in [5.41, 5.74) is 1.68. The van der Waals surface area contributed by atoms with Crippen molar-refractivity contribution >= 4 is 11.8 Å². The van der Waals surface area contributed by atoms with Gasteiger partial charge >= 0.3 is 0 Å². The van der Waals surface area contributed by atoms with Crippen molar-refractivity contribution in [1.29, 1.82) is 0 Å². The minimum atomic E-state index is -0.364. The first kappa shape index (κ1) is 12.3. The Morgan fingerprint density at radius 3 is 2.74 bits per heavy atom. The number of halogens is 1. The summed E-state index contributed by atoms with van der Waals surface area (Å²) in [6.45, 7) is 0. The third kappa shape index (κ3) is 2.26. The maximum atomic E-state index is 13.6. The van der Waals surface area contributed by atoms with Crippen LogP contribution in [0.25, 0.3) is 0 Å². The summed E-state index contributed by atoms with van der Waals surface area (Å²) < 4.78 is 13.6. The predicted molar refractivity (Wildman–Crippen MR) is 66.8 cm³/mol. The van der Waals surface area contributed by atoms with Crippen molar-refractivity contribution in [1.82, 2.24) is 10.6 Å². The van der Waals surface area contributed by atoms with Crippen LogP contribution in [0.5, 0.6) is 0 Å². The summed E-state index contributed by atoms with van der Waals surface area (Å²) in [5, 5.41) is 5.56. The van der Waals surface area contributed by atoms with Gasteiger partial charge < -0.3 is 0 Å². The molecular weight excluding hydrogens is 247 g/mol. The van der Waals surface area contributed by atoms with E-state index in [-0.39, 0.29) is 29.7 Å². The fourth-order valence-electron chi connectivity index (χ4n) is 2.88. The molecule has 0 radical (unpaired) electrons. The van der Waals surface area contributed by atoms with Gasteiger partial charge in [-0.05, 0) is 36.5 Å². The lowest BCUT2D eigenvalue weighted by Gasteiger charge is -2.25. The molecule has 1 fully saturated rings. The lowest BCUT2D eigenvalue weighted by Crippen LogP contribution is -2.51. The summed E-state index contributed by atoms with van der Waals surface area (Å²) in [6.07, 6.45) is 2.33. The molecule has 2 N–H and O–H groups in total. The topological polar surface area (TPSA) is 58.2 Å². The number of piperidine rings is 1. The minimum Gasteiger partial charge on any atom is -0.299 e. The first-order valence-electron chi connectivity index (χ1n) is 6.52. The van der Waals surface area contributed by atoms with Crippen LogP contribution >= 0.6 is 0 Å². The van der Waals surface area contributed by atoms with Crippen molar-refractivity contribution in [3.05, 3.63) is 35.1 Å².